The lowest BCUT2D eigenvalue weighted by Crippen LogP contribution is -2.28. The fourth-order valence-corrected chi connectivity index (χ4v) is 5.56. The van der Waals surface area contributed by atoms with Gasteiger partial charge in [0.05, 0.1) is 23.6 Å². The van der Waals surface area contributed by atoms with Gasteiger partial charge in [-0.05, 0) is 42.6 Å². The van der Waals surface area contributed by atoms with E-state index in [0.29, 0.717) is 23.2 Å². The van der Waals surface area contributed by atoms with Crippen molar-refractivity contribution < 1.29 is 9.21 Å². The third kappa shape index (κ3) is 3.61. The molecule has 0 spiro atoms. The van der Waals surface area contributed by atoms with Crippen molar-refractivity contribution in [2.75, 3.05) is 5.75 Å². The van der Waals surface area contributed by atoms with Crippen LogP contribution in [0.15, 0.2) is 74.8 Å². The standard InChI is InChI=1S/C23H18N6O2S2/c1-14-24-22-15-6-2-3-7-16(15)25-23(29(22)26-14)33-13-21(30)28-18(20-9-5-11-32-20)12-17(27-28)19-8-4-10-31-19/h2-11,18H,12-13H2,1H3. The topological polar surface area (TPSA) is 88.9 Å². The molecule has 0 saturated heterocycles. The van der Waals surface area contributed by atoms with Crippen LogP contribution in [0.1, 0.15) is 28.9 Å². The fourth-order valence-electron chi connectivity index (χ4n) is 3.95. The maximum Gasteiger partial charge on any atom is 0.253 e. The Morgan fingerprint density at radius 3 is 2.91 bits per heavy atom. The Hall–Kier alpha value is -3.50. The number of aryl methyl sites for hydroxylation is 1. The molecule has 5 heterocycles. The molecule has 0 bridgehead atoms. The Bertz CT molecular complexity index is 1490. The zero-order chi connectivity index (χ0) is 22.4. The molecule has 0 aliphatic carbocycles. The first-order valence-electron chi connectivity index (χ1n) is 10.4. The van der Waals surface area contributed by atoms with Crippen molar-refractivity contribution in [2.24, 2.45) is 5.10 Å². The van der Waals surface area contributed by atoms with Crippen molar-refractivity contribution >= 4 is 51.3 Å². The van der Waals surface area contributed by atoms with E-state index in [4.69, 9.17) is 9.40 Å². The molecule has 164 valence electrons. The van der Waals surface area contributed by atoms with Crippen LogP contribution in [0.2, 0.25) is 0 Å². The van der Waals surface area contributed by atoms with Gasteiger partial charge in [-0.2, -0.15) is 9.62 Å². The van der Waals surface area contributed by atoms with Crippen molar-refractivity contribution in [3.8, 4) is 0 Å². The highest BCUT2D eigenvalue weighted by Gasteiger charge is 2.34. The van der Waals surface area contributed by atoms with Gasteiger partial charge in [-0.25, -0.2) is 15.0 Å². The van der Waals surface area contributed by atoms with E-state index < -0.39 is 0 Å². The highest BCUT2D eigenvalue weighted by atomic mass is 32.2. The molecule has 1 aliphatic rings. The van der Waals surface area contributed by atoms with E-state index in [0.717, 1.165) is 27.1 Å². The third-order valence-electron chi connectivity index (χ3n) is 5.42. The molecule has 1 amide bonds. The van der Waals surface area contributed by atoms with Crippen LogP contribution in [0.4, 0.5) is 0 Å². The molecular weight excluding hydrogens is 456 g/mol. The summed E-state index contributed by atoms with van der Waals surface area (Å²) in [5.41, 5.74) is 2.33. The van der Waals surface area contributed by atoms with Crippen LogP contribution in [0.3, 0.4) is 0 Å². The van der Waals surface area contributed by atoms with Crippen molar-refractivity contribution in [1.29, 1.82) is 0 Å². The fraction of sp³-hybridized carbons (Fsp3) is 0.174. The summed E-state index contributed by atoms with van der Waals surface area (Å²) in [4.78, 5) is 23.7. The molecule has 0 saturated carbocycles. The molecule has 0 radical (unpaired) electrons. The number of furan rings is 1. The van der Waals surface area contributed by atoms with Crippen LogP contribution in [0, 0.1) is 6.92 Å². The highest BCUT2D eigenvalue weighted by Crippen LogP contribution is 2.36. The molecule has 33 heavy (non-hydrogen) atoms. The second-order valence-electron chi connectivity index (χ2n) is 7.59. The average molecular weight is 475 g/mol. The van der Waals surface area contributed by atoms with Crippen LogP contribution in [-0.4, -0.2) is 42.0 Å². The molecular formula is C23H18N6O2S2. The van der Waals surface area contributed by atoms with Gasteiger partial charge in [0.1, 0.15) is 17.3 Å². The Morgan fingerprint density at radius 1 is 1.18 bits per heavy atom. The first kappa shape index (κ1) is 20.1. The number of hydrazone groups is 1. The Balaban J connectivity index is 1.30. The van der Waals surface area contributed by atoms with Gasteiger partial charge in [0, 0.05) is 16.7 Å². The van der Waals surface area contributed by atoms with E-state index in [9.17, 15) is 4.79 Å². The normalized spacial score (nSPS) is 16.1. The largest absolute Gasteiger partial charge is 0.463 e. The summed E-state index contributed by atoms with van der Waals surface area (Å²) in [6.45, 7) is 1.85. The molecule has 5 aromatic rings. The van der Waals surface area contributed by atoms with E-state index in [1.807, 2.05) is 60.8 Å². The number of nitrogens with zero attached hydrogens (tertiary/aromatic N) is 6. The van der Waals surface area contributed by atoms with E-state index in [2.05, 4.69) is 15.2 Å². The monoisotopic (exact) mass is 474 g/mol. The Morgan fingerprint density at radius 2 is 2.09 bits per heavy atom. The molecule has 4 aromatic heterocycles. The second-order valence-corrected chi connectivity index (χ2v) is 9.51. The molecule has 6 rings (SSSR count). The minimum absolute atomic E-state index is 0.0973. The number of benzene rings is 1. The number of carbonyl (C=O) groups excluding carboxylic acids is 1. The van der Waals surface area contributed by atoms with Crippen LogP contribution in [-0.2, 0) is 4.79 Å². The van der Waals surface area contributed by atoms with Gasteiger partial charge in [0.15, 0.2) is 10.8 Å². The molecule has 10 heteroatoms. The Kier molecular flexibility index (Phi) is 4.96. The highest BCUT2D eigenvalue weighted by molar-refractivity contribution is 7.99. The van der Waals surface area contributed by atoms with E-state index in [1.54, 1.807) is 27.1 Å². The van der Waals surface area contributed by atoms with Gasteiger partial charge in [-0.1, -0.05) is 30.0 Å². The second kappa shape index (κ2) is 8.13. The third-order valence-corrected chi connectivity index (χ3v) is 7.31. The number of thiophene rings is 1. The predicted molar refractivity (Wildman–Crippen MR) is 128 cm³/mol. The SMILES string of the molecule is Cc1nc2c3ccccc3nc(SCC(=O)N3N=C(c4ccco4)CC3c3cccs3)n2n1. The van der Waals surface area contributed by atoms with Crippen molar-refractivity contribution in [1.82, 2.24) is 24.6 Å². The first-order chi connectivity index (χ1) is 16.2. The van der Waals surface area contributed by atoms with Crippen molar-refractivity contribution in [3.05, 3.63) is 76.6 Å². The molecule has 1 aliphatic heterocycles. The summed E-state index contributed by atoms with van der Waals surface area (Å²) in [5.74, 6) is 1.43. The van der Waals surface area contributed by atoms with Crippen molar-refractivity contribution in [3.63, 3.8) is 0 Å². The molecule has 0 fully saturated rings. The molecule has 1 unspecified atom stereocenters. The summed E-state index contributed by atoms with van der Waals surface area (Å²) in [7, 11) is 0. The minimum Gasteiger partial charge on any atom is -0.463 e. The van der Waals surface area contributed by atoms with Crippen LogP contribution >= 0.6 is 23.1 Å². The van der Waals surface area contributed by atoms with Crippen LogP contribution in [0.5, 0.6) is 0 Å². The number of amides is 1. The summed E-state index contributed by atoms with van der Waals surface area (Å²) in [6.07, 6.45) is 2.24. The summed E-state index contributed by atoms with van der Waals surface area (Å²) in [5, 5.41) is 14.3. The number of para-hydroxylation sites is 1. The van der Waals surface area contributed by atoms with Gasteiger partial charge in [-0.15, -0.1) is 16.4 Å². The maximum atomic E-state index is 13.3. The van der Waals surface area contributed by atoms with E-state index in [1.165, 1.54) is 11.8 Å². The molecule has 8 nitrogen and oxygen atoms in total. The number of aromatic nitrogens is 4. The molecule has 1 atom stereocenters. The molecule has 0 N–H and O–H groups in total. The van der Waals surface area contributed by atoms with Gasteiger partial charge >= 0.3 is 0 Å². The maximum absolute atomic E-state index is 13.3. The number of rotatable bonds is 5. The van der Waals surface area contributed by atoms with E-state index in [-0.39, 0.29) is 17.7 Å². The van der Waals surface area contributed by atoms with Gasteiger partial charge < -0.3 is 4.42 Å². The summed E-state index contributed by atoms with van der Waals surface area (Å²) >= 11 is 2.96. The number of thioether (sulfide) groups is 1. The van der Waals surface area contributed by atoms with Crippen LogP contribution in [0.25, 0.3) is 16.6 Å². The van der Waals surface area contributed by atoms with Gasteiger partial charge in [0.25, 0.3) is 5.91 Å². The lowest BCUT2D eigenvalue weighted by molar-refractivity contribution is -0.130. The summed E-state index contributed by atoms with van der Waals surface area (Å²) in [6, 6.07) is 15.4. The number of fused-ring (bicyclic) bond motifs is 3. The minimum atomic E-state index is -0.142. The average Bonchev–Trinajstić information content (AvgIpc) is 3.61. The quantitative estimate of drug-likeness (QED) is 0.271. The first-order valence-corrected chi connectivity index (χ1v) is 12.3. The van der Waals surface area contributed by atoms with E-state index >= 15 is 0 Å². The van der Waals surface area contributed by atoms with Gasteiger partial charge in [-0.3, -0.25) is 4.79 Å². The predicted octanol–water partition coefficient (Wildman–Crippen LogP) is 4.71. The smallest absolute Gasteiger partial charge is 0.253 e. The summed E-state index contributed by atoms with van der Waals surface area (Å²) < 4.78 is 7.25. The number of hydrogen-bond donors (Lipinski definition) is 0. The van der Waals surface area contributed by atoms with Crippen LogP contribution < -0.4 is 0 Å². The lowest BCUT2D eigenvalue weighted by atomic mass is 10.1. The lowest BCUT2D eigenvalue weighted by Gasteiger charge is -2.20. The zero-order valence-electron chi connectivity index (χ0n) is 17.6. The van der Waals surface area contributed by atoms with Gasteiger partial charge in [0.2, 0.25) is 0 Å². The zero-order valence-corrected chi connectivity index (χ0v) is 19.2. The molecule has 1 aromatic carbocycles. The van der Waals surface area contributed by atoms with Crippen molar-refractivity contribution in [2.45, 2.75) is 24.5 Å². The Labute approximate surface area is 197 Å². The number of carbonyl (C=O) groups is 1. The number of hydrogen-bond acceptors (Lipinski definition) is 8.